The SMILES string of the molecule is COC1=C(Cl)[C@](C)(O)c2c(oc(=O)c3c(O)cc(OC)cc23)[C@@H]1O. The first-order valence-electron chi connectivity index (χ1n) is 6.96. The van der Waals surface area contributed by atoms with Crippen LogP contribution in [0.15, 0.2) is 32.1 Å². The molecule has 0 amide bonds. The number of hydrogen-bond donors (Lipinski definition) is 3. The highest BCUT2D eigenvalue weighted by Gasteiger charge is 2.45. The van der Waals surface area contributed by atoms with Crippen LogP contribution < -0.4 is 10.4 Å². The van der Waals surface area contributed by atoms with Crippen LogP contribution in [0.25, 0.3) is 10.8 Å². The van der Waals surface area contributed by atoms with Gasteiger partial charge in [-0.15, -0.1) is 0 Å². The van der Waals surface area contributed by atoms with Gasteiger partial charge in [0.15, 0.2) is 11.9 Å². The molecule has 0 fully saturated rings. The smallest absolute Gasteiger partial charge is 0.347 e. The van der Waals surface area contributed by atoms with Gasteiger partial charge in [0.25, 0.3) is 0 Å². The molecule has 1 heterocycles. The van der Waals surface area contributed by atoms with Crippen molar-refractivity contribution >= 4 is 22.4 Å². The molecule has 3 rings (SSSR count). The minimum absolute atomic E-state index is 0.0598. The number of aromatic hydroxyl groups is 1. The lowest BCUT2D eigenvalue weighted by Gasteiger charge is -2.34. The van der Waals surface area contributed by atoms with Crippen molar-refractivity contribution in [2.75, 3.05) is 14.2 Å². The van der Waals surface area contributed by atoms with Crippen LogP contribution in [0.3, 0.4) is 0 Å². The van der Waals surface area contributed by atoms with Crippen LogP contribution in [0, 0.1) is 0 Å². The molecule has 0 spiro atoms. The summed E-state index contributed by atoms with van der Waals surface area (Å²) in [4.78, 5) is 12.3. The fourth-order valence-electron chi connectivity index (χ4n) is 2.95. The Kier molecular flexibility index (Phi) is 3.75. The van der Waals surface area contributed by atoms with Gasteiger partial charge in [0.05, 0.1) is 19.3 Å². The molecule has 3 N–H and O–H groups in total. The zero-order valence-corrected chi connectivity index (χ0v) is 13.8. The minimum Gasteiger partial charge on any atom is -0.507 e. The van der Waals surface area contributed by atoms with Gasteiger partial charge < -0.3 is 29.2 Å². The highest BCUT2D eigenvalue weighted by atomic mass is 35.5. The Bertz CT molecular complexity index is 926. The Morgan fingerprint density at radius 3 is 2.54 bits per heavy atom. The topological polar surface area (TPSA) is 109 Å². The van der Waals surface area contributed by atoms with Crippen LogP contribution in [-0.2, 0) is 10.3 Å². The quantitative estimate of drug-likeness (QED) is 0.755. The number of ether oxygens (including phenoxy) is 2. The fraction of sp³-hybridized carbons (Fsp3) is 0.312. The highest BCUT2D eigenvalue weighted by molar-refractivity contribution is 6.31. The zero-order valence-electron chi connectivity index (χ0n) is 13.1. The lowest BCUT2D eigenvalue weighted by Crippen LogP contribution is -2.32. The van der Waals surface area contributed by atoms with Crippen LogP contribution >= 0.6 is 11.6 Å². The predicted molar refractivity (Wildman–Crippen MR) is 85.1 cm³/mol. The van der Waals surface area contributed by atoms with Crippen molar-refractivity contribution in [1.82, 2.24) is 0 Å². The minimum atomic E-state index is -1.81. The van der Waals surface area contributed by atoms with E-state index in [1.165, 1.54) is 33.3 Å². The predicted octanol–water partition coefficient (Wildman–Crippen LogP) is 1.86. The molecule has 1 aromatic heterocycles. The van der Waals surface area contributed by atoms with Crippen molar-refractivity contribution in [2.45, 2.75) is 18.6 Å². The molecule has 0 radical (unpaired) electrons. The molecular weight excluding hydrogens is 340 g/mol. The number of halogens is 1. The molecule has 8 heteroatoms. The average molecular weight is 355 g/mol. The number of benzene rings is 1. The summed E-state index contributed by atoms with van der Waals surface area (Å²) in [7, 11) is 2.66. The van der Waals surface area contributed by atoms with Gasteiger partial charge in [-0.3, -0.25) is 0 Å². The van der Waals surface area contributed by atoms with Crippen LogP contribution in [-0.4, -0.2) is 29.5 Å². The molecule has 2 atom stereocenters. The lowest BCUT2D eigenvalue weighted by atomic mass is 9.83. The first-order valence-corrected chi connectivity index (χ1v) is 7.34. The summed E-state index contributed by atoms with van der Waals surface area (Å²) in [5.41, 5.74) is -2.62. The Balaban J connectivity index is 2.52. The molecule has 0 saturated heterocycles. The molecule has 2 aromatic rings. The molecule has 1 aromatic carbocycles. The maximum absolute atomic E-state index is 12.3. The first-order chi connectivity index (χ1) is 11.2. The molecule has 0 aliphatic heterocycles. The summed E-state index contributed by atoms with van der Waals surface area (Å²) in [5, 5.41) is 31.3. The standard InChI is InChI=1S/C16H15ClO7/c1-16(21)10-7-4-6(22-2)5-8(18)9(7)15(20)24-12(10)11(19)13(23-3)14(16)17/h4-5,11,18-19,21H,1-3H3/t11-,16+/m0/s1. The lowest BCUT2D eigenvalue weighted by molar-refractivity contribution is 0.0481. The number of rotatable bonds is 2. The van der Waals surface area contributed by atoms with E-state index < -0.39 is 17.3 Å². The van der Waals surface area contributed by atoms with Crippen molar-refractivity contribution in [3.05, 3.63) is 44.7 Å². The second-order valence-corrected chi connectivity index (χ2v) is 5.93. The van der Waals surface area contributed by atoms with Crippen molar-refractivity contribution in [3.8, 4) is 11.5 Å². The van der Waals surface area contributed by atoms with Gasteiger partial charge in [0, 0.05) is 17.0 Å². The second-order valence-electron chi connectivity index (χ2n) is 5.55. The van der Waals surface area contributed by atoms with Gasteiger partial charge in [-0.2, -0.15) is 0 Å². The van der Waals surface area contributed by atoms with Crippen molar-refractivity contribution < 1.29 is 29.2 Å². The Labute approximate surface area is 141 Å². The molecule has 1 aliphatic carbocycles. The number of phenolic OH excluding ortho intramolecular Hbond substituents is 1. The monoisotopic (exact) mass is 354 g/mol. The summed E-state index contributed by atoms with van der Waals surface area (Å²) >= 11 is 6.18. The van der Waals surface area contributed by atoms with Gasteiger partial charge in [-0.05, 0) is 13.0 Å². The first kappa shape index (κ1) is 16.6. The number of fused-ring (bicyclic) bond motifs is 3. The Morgan fingerprint density at radius 1 is 1.29 bits per heavy atom. The molecular formula is C16H15ClO7. The van der Waals surface area contributed by atoms with Crippen molar-refractivity contribution in [3.63, 3.8) is 0 Å². The normalized spacial score (nSPS) is 23.3. The van der Waals surface area contributed by atoms with E-state index in [9.17, 15) is 20.1 Å². The molecule has 0 bridgehead atoms. The maximum Gasteiger partial charge on any atom is 0.347 e. The molecule has 0 saturated carbocycles. The largest absolute Gasteiger partial charge is 0.507 e. The summed E-state index contributed by atoms with van der Waals surface area (Å²) in [5.74, 6) is -0.435. The highest BCUT2D eigenvalue weighted by Crippen LogP contribution is 2.49. The molecule has 128 valence electrons. The van der Waals surface area contributed by atoms with Gasteiger partial charge in [-0.25, -0.2) is 4.79 Å². The van der Waals surface area contributed by atoms with Crippen molar-refractivity contribution in [1.29, 1.82) is 0 Å². The number of aliphatic hydroxyl groups excluding tert-OH is 1. The number of hydrogen-bond acceptors (Lipinski definition) is 7. The third-order valence-corrected chi connectivity index (χ3v) is 4.65. The van der Waals surface area contributed by atoms with Crippen LogP contribution in [0.5, 0.6) is 11.5 Å². The van der Waals surface area contributed by atoms with E-state index in [0.717, 1.165) is 0 Å². The second kappa shape index (κ2) is 5.41. The summed E-state index contributed by atoms with van der Waals surface area (Å²) in [6, 6.07) is 2.70. The van der Waals surface area contributed by atoms with E-state index in [2.05, 4.69) is 0 Å². The zero-order chi connectivity index (χ0) is 17.8. The summed E-state index contributed by atoms with van der Waals surface area (Å²) in [6.07, 6.45) is -1.47. The number of aliphatic hydroxyl groups is 2. The fourth-order valence-corrected chi connectivity index (χ4v) is 3.22. The third kappa shape index (κ3) is 2.09. The van der Waals surface area contributed by atoms with Crippen LogP contribution in [0.2, 0.25) is 0 Å². The summed E-state index contributed by atoms with van der Waals surface area (Å²) in [6.45, 7) is 1.37. The van der Waals surface area contributed by atoms with Gasteiger partial charge in [0.1, 0.15) is 28.2 Å². The number of phenols is 1. The van der Waals surface area contributed by atoms with Gasteiger partial charge >= 0.3 is 5.63 Å². The molecule has 0 unspecified atom stereocenters. The van der Waals surface area contributed by atoms with E-state index in [0.29, 0.717) is 0 Å². The Hall–Kier alpha value is -2.22. The van der Waals surface area contributed by atoms with Crippen molar-refractivity contribution in [2.24, 2.45) is 0 Å². The van der Waals surface area contributed by atoms with E-state index in [1.807, 2.05) is 0 Å². The third-order valence-electron chi connectivity index (χ3n) is 4.10. The maximum atomic E-state index is 12.3. The average Bonchev–Trinajstić information content (AvgIpc) is 2.52. The van der Waals surface area contributed by atoms with E-state index in [-0.39, 0.29) is 44.4 Å². The Morgan fingerprint density at radius 2 is 1.96 bits per heavy atom. The van der Waals surface area contributed by atoms with Gasteiger partial charge in [-0.1, -0.05) is 11.6 Å². The summed E-state index contributed by atoms with van der Waals surface area (Å²) < 4.78 is 15.3. The van der Waals surface area contributed by atoms with Gasteiger partial charge in [0.2, 0.25) is 0 Å². The van der Waals surface area contributed by atoms with E-state index >= 15 is 0 Å². The van der Waals surface area contributed by atoms with E-state index in [1.54, 1.807) is 0 Å². The van der Waals surface area contributed by atoms with Crippen LogP contribution in [0.1, 0.15) is 24.4 Å². The van der Waals surface area contributed by atoms with Crippen LogP contribution in [0.4, 0.5) is 0 Å². The van der Waals surface area contributed by atoms with E-state index in [4.69, 9.17) is 25.5 Å². The number of methoxy groups -OCH3 is 2. The molecule has 7 nitrogen and oxygen atoms in total. The molecule has 1 aliphatic rings. The molecule has 24 heavy (non-hydrogen) atoms.